The van der Waals surface area contributed by atoms with Gasteiger partial charge in [0.05, 0.1) is 60.1 Å². The third-order valence-electron chi connectivity index (χ3n) is 12.3. The Bertz CT molecular complexity index is 2280. The van der Waals surface area contributed by atoms with E-state index in [1.54, 1.807) is 60.0 Å². The molecular weight excluding hydrogens is 781 g/mol. The first kappa shape index (κ1) is 44.5. The van der Waals surface area contributed by atoms with Crippen LogP contribution in [-0.4, -0.2) is 104 Å². The van der Waals surface area contributed by atoms with E-state index in [1.165, 1.54) is 11.1 Å². The summed E-state index contributed by atoms with van der Waals surface area (Å²) in [5, 5.41) is 7.30. The number of ether oxygens (including phenoxy) is 2. The molecule has 2 aliphatic heterocycles. The van der Waals surface area contributed by atoms with Crippen LogP contribution in [0.2, 0.25) is 0 Å². The van der Waals surface area contributed by atoms with Gasteiger partial charge in [0.15, 0.2) is 0 Å². The van der Waals surface area contributed by atoms with E-state index in [9.17, 15) is 9.59 Å². The fourth-order valence-corrected chi connectivity index (χ4v) is 8.22. The normalized spacial score (nSPS) is 15.4. The molecule has 0 aliphatic carbocycles. The Morgan fingerprint density at radius 3 is 1.32 bits per heavy atom. The number of nitrogens with one attached hydrogen (secondary N) is 2. The van der Waals surface area contributed by atoms with Gasteiger partial charge in [0.1, 0.15) is 11.5 Å². The van der Waals surface area contributed by atoms with Crippen LogP contribution in [0.5, 0.6) is 11.5 Å². The van der Waals surface area contributed by atoms with Crippen molar-refractivity contribution in [2.24, 2.45) is 0 Å². The van der Waals surface area contributed by atoms with Gasteiger partial charge in [-0.1, -0.05) is 26.0 Å². The van der Waals surface area contributed by atoms with Gasteiger partial charge in [-0.05, 0) is 100 Å². The molecule has 0 aromatic carbocycles. The summed E-state index contributed by atoms with van der Waals surface area (Å²) < 4.78 is 14.2. The van der Waals surface area contributed by atoms with Crippen molar-refractivity contribution in [2.45, 2.75) is 90.6 Å². The lowest BCUT2D eigenvalue weighted by Gasteiger charge is -2.32. The van der Waals surface area contributed by atoms with Crippen LogP contribution < -0.4 is 31.2 Å². The summed E-state index contributed by atoms with van der Waals surface area (Å²) in [7, 11) is 3.23. The zero-order chi connectivity index (χ0) is 43.3. The highest BCUT2D eigenvalue weighted by molar-refractivity contribution is 5.76. The number of rotatable bonds is 16. The zero-order valence-corrected chi connectivity index (χ0v) is 36.8. The average molecular weight is 843 g/mol. The van der Waals surface area contributed by atoms with Crippen LogP contribution in [0.3, 0.4) is 0 Å². The first-order chi connectivity index (χ1) is 30.3. The van der Waals surface area contributed by atoms with Gasteiger partial charge < -0.3 is 39.0 Å². The Kier molecular flexibility index (Phi) is 15.8. The number of nitrogens with zero attached hydrogens (tertiary/aromatic N) is 8. The van der Waals surface area contributed by atoms with E-state index >= 15 is 0 Å². The van der Waals surface area contributed by atoms with Gasteiger partial charge in [0.2, 0.25) is 0 Å². The molecule has 0 bridgehead atoms. The van der Waals surface area contributed by atoms with E-state index in [4.69, 9.17) is 9.47 Å². The third kappa shape index (κ3) is 11.9. The Balaban J connectivity index is 0.000000186. The number of fused-ring (bicyclic) bond motifs is 2. The lowest BCUT2D eigenvalue weighted by Crippen LogP contribution is -2.43. The van der Waals surface area contributed by atoms with E-state index in [0.717, 1.165) is 124 Å². The molecule has 6 aromatic heterocycles. The molecule has 0 saturated carbocycles. The molecule has 6 aromatic rings. The quantitative estimate of drug-likeness (QED) is 0.132. The fourth-order valence-electron chi connectivity index (χ4n) is 8.22. The summed E-state index contributed by atoms with van der Waals surface area (Å²) in [4.78, 5) is 47.7. The molecule has 2 aliphatic rings. The predicted molar refractivity (Wildman–Crippen MR) is 245 cm³/mol. The predicted octanol–water partition coefficient (Wildman–Crippen LogP) is 5.23. The molecular formula is C48H62N10O4. The number of hydrogen-bond acceptors (Lipinski definition) is 12. The molecule has 8 rings (SSSR count). The fraction of sp³-hybridized carbons (Fsp3) is 0.458. The standard InChI is InChI=1S/2C24H31N5O2/c2*1-3-18-4-5-20(25-15-18)16-26-19-8-10-28(11-9-19)12-13-29-23-14-21(31-2)17-27-22(23)6-7-24(29)30/h2*4-7,14-15,17,19,26H,3,8-13,16H2,1-2H3. The molecule has 0 atom stereocenters. The first-order valence-electron chi connectivity index (χ1n) is 22.2. The number of aryl methyl sites for hydroxylation is 2. The maximum absolute atomic E-state index is 12.5. The first-order valence-corrected chi connectivity index (χ1v) is 22.2. The van der Waals surface area contributed by atoms with Crippen LogP contribution in [0.25, 0.3) is 22.1 Å². The van der Waals surface area contributed by atoms with Crippen molar-refractivity contribution in [3.05, 3.63) is 129 Å². The molecule has 14 heteroatoms. The monoisotopic (exact) mass is 842 g/mol. The highest BCUT2D eigenvalue weighted by Crippen LogP contribution is 2.19. The number of methoxy groups -OCH3 is 2. The molecule has 8 heterocycles. The Morgan fingerprint density at radius 1 is 0.548 bits per heavy atom. The van der Waals surface area contributed by atoms with Gasteiger partial charge in [-0.3, -0.25) is 29.5 Å². The molecule has 14 nitrogen and oxygen atoms in total. The van der Waals surface area contributed by atoms with Crippen molar-refractivity contribution < 1.29 is 9.47 Å². The second-order valence-electron chi connectivity index (χ2n) is 16.2. The van der Waals surface area contributed by atoms with Crippen molar-refractivity contribution in [1.82, 2.24) is 49.5 Å². The highest BCUT2D eigenvalue weighted by atomic mass is 16.5. The Morgan fingerprint density at radius 2 is 0.968 bits per heavy atom. The van der Waals surface area contributed by atoms with Crippen molar-refractivity contribution in [1.29, 1.82) is 0 Å². The van der Waals surface area contributed by atoms with Crippen LogP contribution in [0.4, 0.5) is 0 Å². The molecule has 0 unspecified atom stereocenters. The molecule has 0 amide bonds. The van der Waals surface area contributed by atoms with Crippen LogP contribution in [0.1, 0.15) is 62.0 Å². The van der Waals surface area contributed by atoms with E-state index in [2.05, 4.69) is 78.5 Å². The molecule has 2 N–H and O–H groups in total. The van der Waals surface area contributed by atoms with Crippen molar-refractivity contribution in [3.63, 3.8) is 0 Å². The lowest BCUT2D eigenvalue weighted by molar-refractivity contribution is 0.191. The third-order valence-corrected chi connectivity index (χ3v) is 12.3. The maximum atomic E-state index is 12.5. The van der Waals surface area contributed by atoms with Crippen LogP contribution in [0, 0.1) is 0 Å². The summed E-state index contributed by atoms with van der Waals surface area (Å²) >= 11 is 0. The Labute approximate surface area is 364 Å². The second kappa shape index (κ2) is 22.0. The lowest BCUT2D eigenvalue weighted by atomic mass is 10.0. The second-order valence-corrected chi connectivity index (χ2v) is 16.2. The molecule has 62 heavy (non-hydrogen) atoms. The molecule has 328 valence electrons. The summed E-state index contributed by atoms with van der Waals surface area (Å²) in [5.74, 6) is 1.33. The topological polar surface area (TPSA) is 145 Å². The largest absolute Gasteiger partial charge is 0.495 e. The number of aromatic nitrogens is 6. The molecule has 2 fully saturated rings. The molecule has 0 radical (unpaired) electrons. The van der Waals surface area contributed by atoms with Gasteiger partial charge in [0.25, 0.3) is 11.1 Å². The minimum Gasteiger partial charge on any atom is -0.495 e. The smallest absolute Gasteiger partial charge is 0.251 e. The summed E-state index contributed by atoms with van der Waals surface area (Å²) in [6, 6.07) is 20.1. The zero-order valence-electron chi connectivity index (χ0n) is 36.8. The summed E-state index contributed by atoms with van der Waals surface area (Å²) in [5.41, 5.74) is 8.01. The number of hydrogen-bond donors (Lipinski definition) is 2. The minimum atomic E-state index is 0.000646. The van der Waals surface area contributed by atoms with Crippen molar-refractivity contribution >= 4 is 22.1 Å². The summed E-state index contributed by atoms with van der Waals surface area (Å²) in [6.45, 7) is 13.0. The molecule has 2 saturated heterocycles. The Hall–Kier alpha value is -5.54. The van der Waals surface area contributed by atoms with Gasteiger partial charge in [-0.2, -0.15) is 0 Å². The molecule has 0 spiro atoms. The van der Waals surface area contributed by atoms with Gasteiger partial charge in [-0.25, -0.2) is 0 Å². The maximum Gasteiger partial charge on any atom is 0.251 e. The van der Waals surface area contributed by atoms with Crippen LogP contribution >= 0.6 is 0 Å². The van der Waals surface area contributed by atoms with E-state index in [0.29, 0.717) is 36.7 Å². The van der Waals surface area contributed by atoms with Gasteiger partial charge in [-0.15, -0.1) is 0 Å². The van der Waals surface area contributed by atoms with E-state index < -0.39 is 0 Å². The van der Waals surface area contributed by atoms with Gasteiger partial charge in [0, 0.05) is 88.0 Å². The highest BCUT2D eigenvalue weighted by Gasteiger charge is 2.21. The van der Waals surface area contributed by atoms with E-state index in [1.807, 2.05) is 24.5 Å². The van der Waals surface area contributed by atoms with Crippen LogP contribution in [-0.2, 0) is 39.0 Å². The SMILES string of the molecule is CCc1ccc(CNC2CCN(CCn3c(=O)ccc4ncc(OC)cc43)CC2)nc1.CCc1ccc(CNC2CCN(CCn3c(=O)ccc4ncc(OC)cc43)CC2)nc1. The van der Waals surface area contributed by atoms with Gasteiger partial charge >= 0.3 is 0 Å². The minimum absolute atomic E-state index is 0.000646. The number of piperidine rings is 2. The summed E-state index contributed by atoms with van der Waals surface area (Å²) in [6.07, 6.45) is 13.8. The van der Waals surface area contributed by atoms with Crippen molar-refractivity contribution in [3.8, 4) is 11.5 Å². The van der Waals surface area contributed by atoms with E-state index in [-0.39, 0.29) is 11.1 Å². The van der Waals surface area contributed by atoms with Crippen molar-refractivity contribution in [2.75, 3.05) is 53.5 Å². The average Bonchev–Trinajstić information content (AvgIpc) is 3.33. The number of pyridine rings is 6. The van der Waals surface area contributed by atoms with Crippen LogP contribution in [0.15, 0.2) is 95.0 Å². The number of likely N-dealkylation sites (tertiary alicyclic amines) is 2.